The molecule has 0 aliphatic heterocycles. The van der Waals surface area contributed by atoms with Gasteiger partial charge in [-0.05, 0) is 59.5 Å². The van der Waals surface area contributed by atoms with Gasteiger partial charge in [0.1, 0.15) is 5.75 Å². The molecule has 1 unspecified atom stereocenters. The lowest BCUT2D eigenvalue weighted by Crippen LogP contribution is -2.36. The fourth-order valence-electron chi connectivity index (χ4n) is 4.58. The number of phenolic OH excluding ortho intramolecular Hbond substituents is 1. The van der Waals surface area contributed by atoms with Crippen molar-refractivity contribution in [3.05, 3.63) is 125 Å². The van der Waals surface area contributed by atoms with Gasteiger partial charge in [-0.15, -0.1) is 0 Å². The lowest BCUT2D eigenvalue weighted by atomic mass is 10.1. The van der Waals surface area contributed by atoms with Gasteiger partial charge >= 0.3 is 0 Å². The van der Waals surface area contributed by atoms with Crippen LogP contribution in [0.5, 0.6) is 5.75 Å². The van der Waals surface area contributed by atoms with Crippen LogP contribution in [0.1, 0.15) is 28.1 Å². The predicted molar refractivity (Wildman–Crippen MR) is 163 cm³/mol. The van der Waals surface area contributed by atoms with Gasteiger partial charge in [0.15, 0.2) is 0 Å². The van der Waals surface area contributed by atoms with E-state index in [-0.39, 0.29) is 18.4 Å². The minimum atomic E-state index is -0.0492. The maximum atomic E-state index is 9.84. The Kier molecular flexibility index (Phi) is 12.7. The monoisotopic (exact) mass is 554 g/mol. The molecule has 5 N–H and O–H groups in total. The van der Waals surface area contributed by atoms with Crippen LogP contribution in [-0.2, 0) is 32.6 Å². The molecule has 8 heteroatoms. The molecule has 41 heavy (non-hydrogen) atoms. The number of hydrogen-bond donors (Lipinski definition) is 5. The van der Waals surface area contributed by atoms with Crippen molar-refractivity contribution in [1.29, 1.82) is 0 Å². The summed E-state index contributed by atoms with van der Waals surface area (Å²) >= 11 is 0. The quantitative estimate of drug-likeness (QED) is 0.119. The van der Waals surface area contributed by atoms with Crippen molar-refractivity contribution in [2.45, 2.75) is 38.6 Å². The molecule has 4 rings (SSSR count). The van der Waals surface area contributed by atoms with Gasteiger partial charge in [0.25, 0.3) is 0 Å². The van der Waals surface area contributed by atoms with Crippen molar-refractivity contribution in [2.75, 3.05) is 32.8 Å². The number of phenols is 1. The summed E-state index contributed by atoms with van der Waals surface area (Å²) in [5, 5.41) is 29.8. The smallest absolute Gasteiger partial charge is 0.115 e. The Hall–Kier alpha value is -3.66. The zero-order valence-electron chi connectivity index (χ0n) is 23.6. The molecule has 0 bridgehead atoms. The first-order valence-corrected chi connectivity index (χ1v) is 14.3. The van der Waals surface area contributed by atoms with Crippen LogP contribution < -0.4 is 16.0 Å². The molecule has 0 saturated heterocycles. The van der Waals surface area contributed by atoms with Crippen LogP contribution in [0.25, 0.3) is 0 Å². The Balaban J connectivity index is 1.25. The maximum absolute atomic E-state index is 9.84. The van der Waals surface area contributed by atoms with E-state index < -0.39 is 0 Å². The normalized spacial score (nSPS) is 12.0. The van der Waals surface area contributed by atoms with Gasteiger partial charge in [0.2, 0.25) is 0 Å². The number of pyridine rings is 2. The number of aromatic hydroxyl groups is 1. The number of nitrogens with one attached hydrogen (secondary N) is 3. The number of benzene rings is 2. The van der Waals surface area contributed by atoms with Gasteiger partial charge in [-0.1, -0.05) is 48.5 Å². The highest BCUT2D eigenvalue weighted by atomic mass is 16.3. The summed E-state index contributed by atoms with van der Waals surface area (Å²) in [6.45, 7) is 6.73. The molecule has 2 aromatic carbocycles. The van der Waals surface area contributed by atoms with E-state index in [2.05, 4.69) is 55.1 Å². The minimum absolute atomic E-state index is 0.0492. The molecule has 0 amide bonds. The zero-order valence-corrected chi connectivity index (χ0v) is 23.6. The van der Waals surface area contributed by atoms with E-state index in [0.717, 1.165) is 62.8 Å². The molecular formula is C33H42N6O2. The van der Waals surface area contributed by atoms with E-state index in [0.29, 0.717) is 13.0 Å². The summed E-state index contributed by atoms with van der Waals surface area (Å²) in [5.41, 5.74) is 5.62. The van der Waals surface area contributed by atoms with E-state index in [1.807, 2.05) is 60.9 Å². The van der Waals surface area contributed by atoms with Gasteiger partial charge < -0.3 is 26.2 Å². The van der Waals surface area contributed by atoms with Gasteiger partial charge in [-0.3, -0.25) is 14.9 Å². The van der Waals surface area contributed by atoms with E-state index in [1.165, 1.54) is 11.1 Å². The fraction of sp³-hybridized carbons (Fsp3) is 0.333. The van der Waals surface area contributed by atoms with Crippen molar-refractivity contribution in [3.8, 4) is 5.75 Å². The van der Waals surface area contributed by atoms with E-state index in [1.54, 1.807) is 12.1 Å². The van der Waals surface area contributed by atoms with Crippen molar-refractivity contribution >= 4 is 0 Å². The molecule has 216 valence electrons. The number of nitrogens with zero attached hydrogens (tertiary/aromatic N) is 3. The first-order chi connectivity index (χ1) is 20.2. The summed E-state index contributed by atoms with van der Waals surface area (Å²) in [6, 6.07) is 27.8. The summed E-state index contributed by atoms with van der Waals surface area (Å²) in [4.78, 5) is 11.3. The third-order valence-electron chi connectivity index (χ3n) is 6.94. The second-order valence-electron chi connectivity index (χ2n) is 10.2. The highest BCUT2D eigenvalue weighted by molar-refractivity contribution is 5.27. The molecular weight excluding hydrogens is 512 g/mol. The lowest BCUT2D eigenvalue weighted by Gasteiger charge is -2.23. The zero-order chi connectivity index (χ0) is 28.5. The first-order valence-electron chi connectivity index (χ1n) is 14.3. The van der Waals surface area contributed by atoms with Gasteiger partial charge in [0.05, 0.1) is 18.0 Å². The number of hydrogen-bond acceptors (Lipinski definition) is 8. The number of aromatic nitrogens is 2. The second-order valence-corrected chi connectivity index (χ2v) is 10.2. The minimum Gasteiger partial charge on any atom is -0.508 e. The van der Waals surface area contributed by atoms with Crippen LogP contribution in [0.3, 0.4) is 0 Å². The number of aliphatic hydroxyl groups is 1. The van der Waals surface area contributed by atoms with Gasteiger partial charge in [0, 0.05) is 70.8 Å². The molecule has 0 aliphatic rings. The molecule has 0 fully saturated rings. The third-order valence-corrected chi connectivity index (χ3v) is 6.94. The van der Waals surface area contributed by atoms with Crippen LogP contribution in [0, 0.1) is 0 Å². The van der Waals surface area contributed by atoms with Crippen molar-refractivity contribution in [1.82, 2.24) is 30.8 Å². The second kappa shape index (κ2) is 17.2. The molecule has 0 saturated carbocycles. The average molecular weight is 555 g/mol. The highest BCUT2D eigenvalue weighted by Gasteiger charge is 2.10. The summed E-state index contributed by atoms with van der Waals surface area (Å²) < 4.78 is 0. The number of aliphatic hydroxyl groups excluding tert-OH is 1. The Morgan fingerprint density at radius 3 is 1.76 bits per heavy atom. The molecule has 2 aromatic heterocycles. The molecule has 0 radical (unpaired) electrons. The number of rotatable bonds is 18. The molecule has 2 heterocycles. The average Bonchev–Trinajstić information content (AvgIpc) is 3.02. The first kappa shape index (κ1) is 30.3. The topological polar surface area (TPSA) is 106 Å². The SMILES string of the molecule is OCC(Cc1ccc(O)cc1)NCc1ccc(CN(CCNCc2ccccn2)CCNCc2ccccn2)cc1. The van der Waals surface area contributed by atoms with Crippen LogP contribution >= 0.6 is 0 Å². The highest BCUT2D eigenvalue weighted by Crippen LogP contribution is 2.12. The standard InChI is InChI=1S/C33H42N6O2/c40-26-32(21-27-11-13-33(41)14-12-27)38-22-28-7-9-29(10-8-28)25-39(19-17-34-23-30-5-1-3-15-36-30)20-18-35-24-31-6-2-4-16-37-31/h1-16,32,34-35,38,40-41H,17-26H2. The Morgan fingerprint density at radius 2 is 1.22 bits per heavy atom. The largest absolute Gasteiger partial charge is 0.508 e. The Bertz CT molecular complexity index is 1190. The van der Waals surface area contributed by atoms with Crippen LogP contribution in [0.2, 0.25) is 0 Å². The Morgan fingerprint density at radius 1 is 0.659 bits per heavy atom. The summed E-state index contributed by atoms with van der Waals surface area (Å²) in [5.74, 6) is 0.252. The Labute approximate surface area is 243 Å². The van der Waals surface area contributed by atoms with E-state index >= 15 is 0 Å². The van der Waals surface area contributed by atoms with Crippen molar-refractivity contribution in [3.63, 3.8) is 0 Å². The molecule has 1 atom stereocenters. The van der Waals surface area contributed by atoms with E-state index in [4.69, 9.17) is 0 Å². The van der Waals surface area contributed by atoms with Crippen LogP contribution in [-0.4, -0.2) is 63.9 Å². The maximum Gasteiger partial charge on any atom is 0.115 e. The fourth-order valence-corrected chi connectivity index (χ4v) is 4.58. The van der Waals surface area contributed by atoms with Crippen LogP contribution in [0.4, 0.5) is 0 Å². The lowest BCUT2D eigenvalue weighted by molar-refractivity contribution is 0.241. The van der Waals surface area contributed by atoms with Crippen molar-refractivity contribution in [2.24, 2.45) is 0 Å². The molecule has 0 aliphatic carbocycles. The van der Waals surface area contributed by atoms with Gasteiger partial charge in [-0.25, -0.2) is 0 Å². The van der Waals surface area contributed by atoms with E-state index in [9.17, 15) is 10.2 Å². The molecule has 8 nitrogen and oxygen atoms in total. The molecule has 4 aromatic rings. The third kappa shape index (κ3) is 11.4. The van der Waals surface area contributed by atoms with Crippen molar-refractivity contribution < 1.29 is 10.2 Å². The van der Waals surface area contributed by atoms with Crippen LogP contribution in [0.15, 0.2) is 97.3 Å². The summed E-state index contributed by atoms with van der Waals surface area (Å²) in [7, 11) is 0. The van der Waals surface area contributed by atoms with Gasteiger partial charge in [-0.2, -0.15) is 0 Å². The predicted octanol–water partition coefficient (Wildman–Crippen LogP) is 3.26. The molecule has 0 spiro atoms. The summed E-state index contributed by atoms with van der Waals surface area (Å²) in [6.07, 6.45) is 4.36.